The van der Waals surface area contributed by atoms with Gasteiger partial charge in [-0.1, -0.05) is 12.1 Å². The van der Waals surface area contributed by atoms with Crippen molar-refractivity contribution in [2.45, 2.75) is 31.7 Å². The van der Waals surface area contributed by atoms with Gasteiger partial charge in [0.05, 0.1) is 18.8 Å². The average molecular weight is 372 g/mol. The van der Waals surface area contributed by atoms with Gasteiger partial charge in [0.2, 0.25) is 0 Å². The zero-order valence-electron chi connectivity index (χ0n) is 15.5. The zero-order valence-corrected chi connectivity index (χ0v) is 15.5. The van der Waals surface area contributed by atoms with E-state index >= 15 is 0 Å². The summed E-state index contributed by atoms with van der Waals surface area (Å²) >= 11 is 0. The van der Waals surface area contributed by atoms with Crippen molar-refractivity contribution in [2.75, 3.05) is 19.7 Å². The van der Waals surface area contributed by atoms with Gasteiger partial charge in [0.15, 0.2) is 11.6 Å². The summed E-state index contributed by atoms with van der Waals surface area (Å²) in [5.41, 5.74) is 1.93. The molecule has 0 bridgehead atoms. The summed E-state index contributed by atoms with van der Waals surface area (Å²) in [4.78, 5) is 14.7. The van der Waals surface area contributed by atoms with E-state index < -0.39 is 0 Å². The Kier molecular flexibility index (Phi) is 5.01. The highest BCUT2D eigenvalue weighted by molar-refractivity contribution is 5.75. The van der Waals surface area contributed by atoms with Crippen LogP contribution in [0.5, 0.6) is 5.75 Å². The van der Waals surface area contributed by atoms with E-state index in [1.807, 2.05) is 30.4 Å². The maximum absolute atomic E-state index is 14.1. The Balaban J connectivity index is 1.39. The van der Waals surface area contributed by atoms with Crippen LogP contribution in [0.3, 0.4) is 0 Å². The molecule has 1 aromatic heterocycles. The molecule has 4 rings (SSSR count). The molecule has 0 spiro atoms. The van der Waals surface area contributed by atoms with Gasteiger partial charge in [-0.3, -0.25) is 4.68 Å². The summed E-state index contributed by atoms with van der Waals surface area (Å²) in [7, 11) is 1.91. The molecule has 2 unspecified atom stereocenters. The third-order valence-electron chi connectivity index (χ3n) is 5.41. The van der Waals surface area contributed by atoms with Crippen LogP contribution in [-0.4, -0.2) is 40.4 Å². The minimum absolute atomic E-state index is 0.0780. The maximum atomic E-state index is 14.1. The quantitative estimate of drug-likeness (QED) is 0.901. The number of fused-ring (bicyclic) bond motifs is 1. The standard InChI is InChI=1S/C20H25FN4O2/c1-24-12-15(11-22-24)10-14-7-8-25(13-14)20(26)23-18-6-3-9-27-19-16(18)4-2-5-17(19)21/h2,4-5,11-12,14,18H,3,6-10,13H2,1H3,(H,23,26). The van der Waals surface area contributed by atoms with E-state index in [2.05, 4.69) is 10.4 Å². The van der Waals surface area contributed by atoms with Crippen LogP contribution in [0.4, 0.5) is 9.18 Å². The molecule has 2 aliphatic rings. The largest absolute Gasteiger partial charge is 0.490 e. The van der Waals surface area contributed by atoms with Crippen molar-refractivity contribution in [1.29, 1.82) is 0 Å². The first-order valence-electron chi connectivity index (χ1n) is 9.54. The molecule has 6 nitrogen and oxygen atoms in total. The topological polar surface area (TPSA) is 59.4 Å². The number of rotatable bonds is 3. The van der Waals surface area contributed by atoms with Gasteiger partial charge < -0.3 is 15.0 Å². The molecule has 144 valence electrons. The van der Waals surface area contributed by atoms with E-state index in [-0.39, 0.29) is 23.6 Å². The van der Waals surface area contributed by atoms with Crippen LogP contribution >= 0.6 is 0 Å². The third kappa shape index (κ3) is 3.91. The molecule has 1 saturated heterocycles. The fourth-order valence-corrected chi connectivity index (χ4v) is 4.05. The molecule has 7 heteroatoms. The molecular weight excluding hydrogens is 347 g/mol. The number of ether oxygens (including phenoxy) is 1. The number of carbonyl (C=O) groups excluding carboxylic acids is 1. The highest BCUT2D eigenvalue weighted by Crippen LogP contribution is 2.34. The minimum Gasteiger partial charge on any atom is -0.490 e. The summed E-state index contributed by atoms with van der Waals surface area (Å²) in [6, 6.07) is 4.60. The second-order valence-electron chi connectivity index (χ2n) is 7.48. The number of nitrogens with one attached hydrogen (secondary N) is 1. The van der Waals surface area contributed by atoms with Crippen molar-refractivity contribution < 1.29 is 13.9 Å². The number of hydrogen-bond acceptors (Lipinski definition) is 3. The average Bonchev–Trinajstić information content (AvgIpc) is 3.22. The summed E-state index contributed by atoms with van der Waals surface area (Å²) in [5, 5.41) is 7.31. The lowest BCUT2D eigenvalue weighted by Gasteiger charge is -2.23. The van der Waals surface area contributed by atoms with Crippen LogP contribution in [0, 0.1) is 11.7 Å². The van der Waals surface area contributed by atoms with Gasteiger partial charge in [-0.05, 0) is 43.2 Å². The minimum atomic E-state index is -0.369. The molecule has 2 amide bonds. The lowest BCUT2D eigenvalue weighted by molar-refractivity contribution is 0.202. The van der Waals surface area contributed by atoms with Crippen molar-refractivity contribution in [3.63, 3.8) is 0 Å². The first-order chi connectivity index (χ1) is 13.1. The van der Waals surface area contributed by atoms with Crippen molar-refractivity contribution >= 4 is 6.03 Å². The highest BCUT2D eigenvalue weighted by Gasteiger charge is 2.30. The van der Waals surface area contributed by atoms with Crippen LogP contribution in [-0.2, 0) is 13.5 Å². The van der Waals surface area contributed by atoms with Crippen molar-refractivity contribution in [3.05, 3.63) is 47.5 Å². The maximum Gasteiger partial charge on any atom is 0.317 e. The molecule has 1 aromatic carbocycles. The molecule has 2 aliphatic heterocycles. The smallest absolute Gasteiger partial charge is 0.317 e. The molecule has 2 atom stereocenters. The van der Waals surface area contributed by atoms with Crippen LogP contribution < -0.4 is 10.1 Å². The number of urea groups is 1. The highest BCUT2D eigenvalue weighted by atomic mass is 19.1. The van der Waals surface area contributed by atoms with E-state index in [1.54, 1.807) is 10.7 Å². The Labute approximate surface area is 158 Å². The summed E-state index contributed by atoms with van der Waals surface area (Å²) in [5.74, 6) is 0.352. The number of halogens is 1. The molecule has 3 heterocycles. The molecule has 0 aliphatic carbocycles. The van der Waals surface area contributed by atoms with Crippen LogP contribution in [0.15, 0.2) is 30.6 Å². The number of amides is 2. The van der Waals surface area contributed by atoms with Gasteiger partial charge in [-0.25, -0.2) is 9.18 Å². The van der Waals surface area contributed by atoms with Crippen molar-refractivity contribution in [1.82, 2.24) is 20.0 Å². The molecule has 27 heavy (non-hydrogen) atoms. The number of nitrogens with zero attached hydrogens (tertiary/aromatic N) is 3. The van der Waals surface area contributed by atoms with Crippen LogP contribution in [0.25, 0.3) is 0 Å². The molecule has 1 N–H and O–H groups in total. The molecule has 1 fully saturated rings. The Morgan fingerprint density at radius 2 is 2.30 bits per heavy atom. The van der Waals surface area contributed by atoms with Crippen LogP contribution in [0.1, 0.15) is 36.4 Å². The number of likely N-dealkylation sites (tertiary alicyclic amines) is 1. The summed E-state index contributed by atoms with van der Waals surface area (Å²) in [6.45, 7) is 1.95. The second kappa shape index (κ2) is 7.58. The Morgan fingerprint density at radius 3 is 3.11 bits per heavy atom. The fourth-order valence-electron chi connectivity index (χ4n) is 4.05. The van der Waals surface area contributed by atoms with Gasteiger partial charge in [-0.2, -0.15) is 5.10 Å². The number of benzene rings is 1. The fraction of sp³-hybridized carbons (Fsp3) is 0.500. The second-order valence-corrected chi connectivity index (χ2v) is 7.48. The number of aryl methyl sites for hydroxylation is 1. The zero-order chi connectivity index (χ0) is 18.8. The SMILES string of the molecule is Cn1cc(CC2CCN(C(=O)NC3CCCOc4c(F)cccc43)C2)cn1. The van der Waals surface area contributed by atoms with E-state index in [4.69, 9.17) is 4.74 Å². The normalized spacial score (nSPS) is 22.1. The Hall–Kier alpha value is -2.57. The van der Waals surface area contributed by atoms with E-state index in [1.165, 1.54) is 11.6 Å². The van der Waals surface area contributed by atoms with E-state index in [0.29, 0.717) is 12.5 Å². The lowest BCUT2D eigenvalue weighted by atomic mass is 10.0. The lowest BCUT2D eigenvalue weighted by Crippen LogP contribution is -2.40. The van der Waals surface area contributed by atoms with Gasteiger partial charge in [0.1, 0.15) is 0 Å². The predicted octanol–water partition coefficient (Wildman–Crippen LogP) is 3.05. The first kappa shape index (κ1) is 17.8. The Morgan fingerprint density at radius 1 is 1.41 bits per heavy atom. The summed E-state index contributed by atoms with van der Waals surface area (Å²) in [6.07, 6.45) is 7.36. The predicted molar refractivity (Wildman–Crippen MR) is 99.0 cm³/mol. The van der Waals surface area contributed by atoms with Gasteiger partial charge >= 0.3 is 6.03 Å². The monoisotopic (exact) mass is 372 g/mol. The van der Waals surface area contributed by atoms with Crippen LogP contribution in [0.2, 0.25) is 0 Å². The van der Waals surface area contributed by atoms with E-state index in [9.17, 15) is 9.18 Å². The first-order valence-corrected chi connectivity index (χ1v) is 9.54. The third-order valence-corrected chi connectivity index (χ3v) is 5.41. The molecule has 0 saturated carbocycles. The number of carbonyl (C=O) groups is 1. The molecular formula is C20H25FN4O2. The van der Waals surface area contributed by atoms with Gasteiger partial charge in [0, 0.05) is 31.9 Å². The summed E-state index contributed by atoms with van der Waals surface area (Å²) < 4.78 is 21.4. The molecule has 2 aromatic rings. The van der Waals surface area contributed by atoms with Gasteiger partial charge in [-0.15, -0.1) is 0 Å². The van der Waals surface area contributed by atoms with Crippen molar-refractivity contribution in [3.8, 4) is 5.75 Å². The number of aromatic nitrogens is 2. The Bertz CT molecular complexity index is 822. The van der Waals surface area contributed by atoms with Gasteiger partial charge in [0.25, 0.3) is 0 Å². The number of para-hydroxylation sites is 1. The van der Waals surface area contributed by atoms with Crippen molar-refractivity contribution in [2.24, 2.45) is 13.0 Å². The molecule has 0 radical (unpaired) electrons. The number of hydrogen-bond donors (Lipinski definition) is 1. The van der Waals surface area contributed by atoms with E-state index in [0.717, 1.165) is 44.3 Å².